The molecule has 0 saturated carbocycles. The first-order chi connectivity index (χ1) is 14.4. The van der Waals surface area contributed by atoms with Gasteiger partial charge in [-0.2, -0.15) is 5.10 Å². The predicted octanol–water partition coefficient (Wildman–Crippen LogP) is 3.44. The fourth-order valence-corrected chi connectivity index (χ4v) is 2.69. The molecule has 160 valence electrons. The Kier molecular flexibility index (Phi) is 8.34. The maximum Gasteiger partial charge on any atom is 0.339 e. The zero-order valence-corrected chi connectivity index (χ0v) is 17.9. The normalized spacial score (nSPS) is 10.7. The van der Waals surface area contributed by atoms with Gasteiger partial charge in [-0.25, -0.2) is 10.2 Å². The lowest BCUT2D eigenvalue weighted by molar-refractivity contribution is 0.0525. The summed E-state index contributed by atoms with van der Waals surface area (Å²) in [6.45, 7) is 7.97. The molecular formula is C22H27N3O5. The summed E-state index contributed by atoms with van der Waals surface area (Å²) >= 11 is 0. The molecule has 0 aliphatic heterocycles. The van der Waals surface area contributed by atoms with E-state index in [4.69, 9.17) is 14.2 Å². The zero-order chi connectivity index (χ0) is 22.1. The molecule has 1 heterocycles. The quantitative estimate of drug-likeness (QED) is 0.384. The number of nitrogens with zero attached hydrogens (tertiary/aromatic N) is 2. The number of carbonyl (C=O) groups is 2. The van der Waals surface area contributed by atoms with E-state index in [0.29, 0.717) is 29.5 Å². The number of benzene rings is 1. The van der Waals surface area contributed by atoms with Crippen molar-refractivity contribution in [2.75, 3.05) is 20.3 Å². The van der Waals surface area contributed by atoms with Gasteiger partial charge < -0.3 is 14.2 Å². The number of pyridine rings is 1. The summed E-state index contributed by atoms with van der Waals surface area (Å²) in [7, 11) is 1.56. The molecule has 2 aromatic rings. The van der Waals surface area contributed by atoms with E-state index in [0.717, 1.165) is 12.0 Å². The van der Waals surface area contributed by atoms with Gasteiger partial charge in [-0.05, 0) is 57.0 Å². The second-order valence-corrected chi connectivity index (χ2v) is 6.43. The van der Waals surface area contributed by atoms with Gasteiger partial charge in [0.15, 0.2) is 11.5 Å². The number of rotatable bonds is 9. The summed E-state index contributed by atoms with van der Waals surface area (Å²) in [5, 5.41) is 3.99. The summed E-state index contributed by atoms with van der Waals surface area (Å²) in [5.74, 6) is 0.235. The lowest BCUT2D eigenvalue weighted by atomic mass is 10.1. The Morgan fingerprint density at radius 2 is 1.83 bits per heavy atom. The molecule has 30 heavy (non-hydrogen) atoms. The van der Waals surface area contributed by atoms with Crippen molar-refractivity contribution in [3.8, 4) is 11.5 Å². The van der Waals surface area contributed by atoms with E-state index in [2.05, 4.69) is 15.5 Å². The maximum atomic E-state index is 12.5. The second kappa shape index (κ2) is 10.9. The van der Waals surface area contributed by atoms with Gasteiger partial charge in [-0.3, -0.25) is 9.78 Å². The van der Waals surface area contributed by atoms with E-state index < -0.39 is 11.9 Å². The molecule has 0 fully saturated rings. The number of hydrazone groups is 1. The van der Waals surface area contributed by atoms with Crippen LogP contribution in [0.3, 0.4) is 0 Å². The number of methoxy groups -OCH3 is 1. The van der Waals surface area contributed by atoms with Gasteiger partial charge in [0.05, 0.1) is 49.1 Å². The fraction of sp³-hybridized carbons (Fsp3) is 0.364. The largest absolute Gasteiger partial charge is 0.493 e. The van der Waals surface area contributed by atoms with Crippen LogP contribution < -0.4 is 14.9 Å². The van der Waals surface area contributed by atoms with Crippen LogP contribution in [-0.4, -0.2) is 43.4 Å². The highest BCUT2D eigenvalue weighted by molar-refractivity contribution is 5.99. The first kappa shape index (κ1) is 22.9. The summed E-state index contributed by atoms with van der Waals surface area (Å²) in [4.78, 5) is 28.9. The third kappa shape index (κ3) is 5.79. The standard InChI is InChI=1S/C22H27N3O5/c1-6-10-30-19-9-8-16(11-20(19)28-5)13-23-25-21(26)17-12-18(22(27)29-7-2)15(4)24-14(17)3/h8-9,11-13H,6-7,10H2,1-5H3,(H,25,26)/b23-13+. The first-order valence-corrected chi connectivity index (χ1v) is 9.70. The van der Waals surface area contributed by atoms with Crippen LogP contribution in [0.5, 0.6) is 11.5 Å². The van der Waals surface area contributed by atoms with Crippen molar-refractivity contribution in [2.45, 2.75) is 34.1 Å². The van der Waals surface area contributed by atoms with E-state index in [-0.39, 0.29) is 17.7 Å². The number of hydrogen-bond acceptors (Lipinski definition) is 7. The van der Waals surface area contributed by atoms with Crippen LogP contribution in [-0.2, 0) is 4.74 Å². The molecule has 0 aliphatic rings. The SMILES string of the molecule is CCCOc1ccc(/C=N/NC(=O)c2cc(C(=O)OCC)c(C)nc2C)cc1OC. The number of carbonyl (C=O) groups excluding carboxylic acids is 2. The Hall–Kier alpha value is -3.42. The number of ether oxygens (including phenoxy) is 3. The van der Waals surface area contributed by atoms with Crippen molar-refractivity contribution in [3.63, 3.8) is 0 Å². The van der Waals surface area contributed by atoms with Gasteiger partial charge in [0.1, 0.15) is 0 Å². The number of aromatic nitrogens is 1. The molecule has 0 unspecified atom stereocenters. The number of hydrogen-bond donors (Lipinski definition) is 1. The fourth-order valence-electron chi connectivity index (χ4n) is 2.69. The number of nitrogens with one attached hydrogen (secondary N) is 1. The van der Waals surface area contributed by atoms with Crippen LogP contribution in [0.1, 0.15) is 57.9 Å². The minimum absolute atomic E-state index is 0.240. The molecule has 1 amide bonds. The molecule has 1 N–H and O–H groups in total. The first-order valence-electron chi connectivity index (χ1n) is 9.70. The van der Waals surface area contributed by atoms with Crippen molar-refractivity contribution in [1.82, 2.24) is 10.4 Å². The summed E-state index contributed by atoms with van der Waals surface area (Å²) in [5.41, 5.74) is 4.68. The monoisotopic (exact) mass is 413 g/mol. The average Bonchev–Trinajstić information content (AvgIpc) is 2.72. The Bertz CT molecular complexity index is 941. The lowest BCUT2D eigenvalue weighted by Crippen LogP contribution is -2.21. The molecule has 0 saturated heterocycles. The molecule has 1 aromatic carbocycles. The summed E-state index contributed by atoms with van der Waals surface area (Å²) < 4.78 is 16.0. The average molecular weight is 413 g/mol. The third-order valence-corrected chi connectivity index (χ3v) is 4.17. The van der Waals surface area contributed by atoms with Crippen LogP contribution in [0.2, 0.25) is 0 Å². The van der Waals surface area contributed by atoms with Gasteiger partial charge in [0.2, 0.25) is 0 Å². The smallest absolute Gasteiger partial charge is 0.339 e. The predicted molar refractivity (Wildman–Crippen MR) is 114 cm³/mol. The van der Waals surface area contributed by atoms with Crippen LogP contribution in [0.25, 0.3) is 0 Å². The number of amides is 1. The van der Waals surface area contributed by atoms with Crippen molar-refractivity contribution in [1.29, 1.82) is 0 Å². The topological polar surface area (TPSA) is 99.1 Å². The molecule has 1 aromatic heterocycles. The Labute approximate surface area is 176 Å². The number of esters is 1. The van der Waals surface area contributed by atoms with Gasteiger partial charge in [0, 0.05) is 0 Å². The van der Waals surface area contributed by atoms with E-state index in [1.54, 1.807) is 46.1 Å². The molecule has 0 atom stereocenters. The lowest BCUT2D eigenvalue weighted by Gasteiger charge is -2.10. The second-order valence-electron chi connectivity index (χ2n) is 6.43. The van der Waals surface area contributed by atoms with Gasteiger partial charge in [0.25, 0.3) is 5.91 Å². The van der Waals surface area contributed by atoms with Gasteiger partial charge in [-0.15, -0.1) is 0 Å². The molecule has 2 rings (SSSR count). The van der Waals surface area contributed by atoms with E-state index in [1.165, 1.54) is 12.3 Å². The molecule has 0 aliphatic carbocycles. The van der Waals surface area contributed by atoms with Crippen LogP contribution in [0.4, 0.5) is 0 Å². The summed E-state index contributed by atoms with van der Waals surface area (Å²) in [6, 6.07) is 6.83. The Morgan fingerprint density at radius 3 is 2.50 bits per heavy atom. The molecule has 0 bridgehead atoms. The zero-order valence-electron chi connectivity index (χ0n) is 17.9. The molecule has 0 radical (unpaired) electrons. The van der Waals surface area contributed by atoms with E-state index in [1.807, 2.05) is 6.92 Å². The van der Waals surface area contributed by atoms with Gasteiger partial charge >= 0.3 is 5.97 Å². The van der Waals surface area contributed by atoms with Gasteiger partial charge in [-0.1, -0.05) is 6.92 Å². The van der Waals surface area contributed by atoms with E-state index >= 15 is 0 Å². The Morgan fingerprint density at radius 1 is 1.10 bits per heavy atom. The van der Waals surface area contributed by atoms with Crippen molar-refractivity contribution in [3.05, 3.63) is 52.3 Å². The third-order valence-electron chi connectivity index (χ3n) is 4.17. The maximum absolute atomic E-state index is 12.5. The van der Waals surface area contributed by atoms with Crippen LogP contribution in [0.15, 0.2) is 29.4 Å². The highest BCUT2D eigenvalue weighted by Gasteiger charge is 2.18. The minimum atomic E-state index is -0.516. The van der Waals surface area contributed by atoms with Crippen molar-refractivity contribution >= 4 is 18.1 Å². The highest BCUT2D eigenvalue weighted by atomic mass is 16.5. The van der Waals surface area contributed by atoms with Crippen LogP contribution >= 0.6 is 0 Å². The van der Waals surface area contributed by atoms with Crippen molar-refractivity contribution < 1.29 is 23.8 Å². The molecule has 8 heteroatoms. The molecule has 0 spiro atoms. The summed E-state index contributed by atoms with van der Waals surface area (Å²) in [6.07, 6.45) is 2.39. The minimum Gasteiger partial charge on any atom is -0.493 e. The van der Waals surface area contributed by atoms with E-state index in [9.17, 15) is 9.59 Å². The highest BCUT2D eigenvalue weighted by Crippen LogP contribution is 2.27. The van der Waals surface area contributed by atoms with Crippen LogP contribution in [0, 0.1) is 13.8 Å². The Balaban J connectivity index is 2.14. The molecule has 8 nitrogen and oxygen atoms in total. The number of aryl methyl sites for hydroxylation is 2. The van der Waals surface area contributed by atoms with Crippen molar-refractivity contribution in [2.24, 2.45) is 5.10 Å². The molecular weight excluding hydrogens is 386 g/mol.